The van der Waals surface area contributed by atoms with Crippen LogP contribution in [-0.2, 0) is 6.54 Å². The molecule has 2 aromatic heterocycles. The molecule has 1 aromatic carbocycles. The number of carboxylic acid groups (broad SMARTS) is 1. The summed E-state index contributed by atoms with van der Waals surface area (Å²) >= 11 is 0. The van der Waals surface area contributed by atoms with Crippen LogP contribution in [0.1, 0.15) is 30.1 Å². The molecular formula is C19H17FN2O3. The van der Waals surface area contributed by atoms with Gasteiger partial charge in [0, 0.05) is 23.7 Å². The molecule has 0 atom stereocenters. The Morgan fingerprint density at radius 3 is 2.76 bits per heavy atom. The highest BCUT2D eigenvalue weighted by Gasteiger charge is 2.23. The first kappa shape index (κ1) is 16.8. The summed E-state index contributed by atoms with van der Waals surface area (Å²) in [5.74, 6) is -1.83. The Kier molecular flexibility index (Phi) is 4.61. The van der Waals surface area contributed by atoms with Crippen molar-refractivity contribution in [3.8, 4) is 11.1 Å². The van der Waals surface area contributed by atoms with Crippen LogP contribution in [-0.4, -0.2) is 20.6 Å². The van der Waals surface area contributed by atoms with E-state index in [1.54, 1.807) is 24.4 Å². The monoisotopic (exact) mass is 340 g/mol. The maximum atomic E-state index is 13.7. The standard InChI is InChI=1S/C19H17FN2O3/c1-2-3-10-22-17-14(8-5-9-21-17)15(16(18(22)23)19(24)25)12-6-4-7-13(20)11-12/h4-9,11H,2-3,10H2,1H3,(H,24,25). The van der Waals surface area contributed by atoms with Gasteiger partial charge in [-0.15, -0.1) is 0 Å². The van der Waals surface area contributed by atoms with Crippen molar-refractivity contribution in [1.29, 1.82) is 0 Å². The van der Waals surface area contributed by atoms with E-state index in [1.165, 1.54) is 22.8 Å². The lowest BCUT2D eigenvalue weighted by Crippen LogP contribution is -2.28. The molecule has 25 heavy (non-hydrogen) atoms. The van der Waals surface area contributed by atoms with Gasteiger partial charge in [-0.25, -0.2) is 14.2 Å². The van der Waals surface area contributed by atoms with Gasteiger partial charge in [0.15, 0.2) is 0 Å². The number of pyridine rings is 2. The SMILES string of the molecule is CCCCn1c(=O)c(C(=O)O)c(-c2cccc(F)c2)c2cccnc21. The molecule has 0 aliphatic carbocycles. The van der Waals surface area contributed by atoms with Crippen LogP contribution >= 0.6 is 0 Å². The number of rotatable bonds is 5. The number of unbranched alkanes of at least 4 members (excludes halogenated alkanes) is 1. The summed E-state index contributed by atoms with van der Waals surface area (Å²) < 4.78 is 15.1. The average Bonchev–Trinajstić information content (AvgIpc) is 2.59. The van der Waals surface area contributed by atoms with E-state index in [0.717, 1.165) is 12.8 Å². The first-order chi connectivity index (χ1) is 12.0. The highest BCUT2D eigenvalue weighted by atomic mass is 19.1. The second-order valence-corrected chi connectivity index (χ2v) is 5.75. The summed E-state index contributed by atoms with van der Waals surface area (Å²) in [4.78, 5) is 29.0. The number of benzene rings is 1. The molecule has 0 amide bonds. The van der Waals surface area contributed by atoms with Gasteiger partial charge >= 0.3 is 5.97 Å². The third kappa shape index (κ3) is 3.03. The zero-order chi connectivity index (χ0) is 18.0. The number of hydrogen-bond donors (Lipinski definition) is 1. The molecule has 0 saturated carbocycles. The van der Waals surface area contributed by atoms with Crippen LogP contribution in [0.2, 0.25) is 0 Å². The number of nitrogens with zero attached hydrogens (tertiary/aromatic N) is 2. The largest absolute Gasteiger partial charge is 0.477 e. The summed E-state index contributed by atoms with van der Waals surface area (Å²) in [5.41, 5.74) is -0.0261. The van der Waals surface area contributed by atoms with E-state index in [9.17, 15) is 19.1 Å². The van der Waals surface area contributed by atoms with Crippen LogP contribution < -0.4 is 5.56 Å². The van der Waals surface area contributed by atoms with Crippen LogP contribution in [0, 0.1) is 5.82 Å². The van der Waals surface area contributed by atoms with Gasteiger partial charge in [-0.1, -0.05) is 25.5 Å². The van der Waals surface area contributed by atoms with Crippen LogP contribution in [0.25, 0.3) is 22.2 Å². The van der Waals surface area contributed by atoms with Gasteiger partial charge in [0.1, 0.15) is 17.0 Å². The average molecular weight is 340 g/mol. The third-order valence-corrected chi connectivity index (χ3v) is 4.08. The summed E-state index contributed by atoms with van der Waals surface area (Å²) in [6.07, 6.45) is 3.14. The Balaban J connectivity index is 2.46. The zero-order valence-corrected chi connectivity index (χ0v) is 13.7. The molecule has 3 aromatic rings. The molecule has 5 nitrogen and oxygen atoms in total. The first-order valence-electron chi connectivity index (χ1n) is 8.05. The van der Waals surface area contributed by atoms with Gasteiger partial charge in [-0.05, 0) is 36.2 Å². The molecule has 1 N–H and O–H groups in total. The number of aromatic carboxylic acids is 1. The summed E-state index contributed by atoms with van der Waals surface area (Å²) in [6.45, 7) is 2.37. The second-order valence-electron chi connectivity index (χ2n) is 5.75. The Hall–Kier alpha value is -3.02. The Morgan fingerprint density at radius 2 is 2.08 bits per heavy atom. The van der Waals surface area contributed by atoms with Gasteiger partial charge in [0.2, 0.25) is 0 Å². The fraction of sp³-hybridized carbons (Fsp3) is 0.211. The predicted octanol–water partition coefficient (Wildman–Crippen LogP) is 3.70. The molecular weight excluding hydrogens is 323 g/mol. The molecule has 3 rings (SSSR count). The number of halogens is 1. The number of fused-ring (bicyclic) bond motifs is 1. The second kappa shape index (κ2) is 6.84. The van der Waals surface area contributed by atoms with Crippen LogP contribution in [0.4, 0.5) is 4.39 Å². The number of carbonyl (C=O) groups is 1. The van der Waals surface area contributed by atoms with Gasteiger partial charge < -0.3 is 5.11 Å². The van der Waals surface area contributed by atoms with E-state index in [1.807, 2.05) is 6.92 Å². The molecule has 2 heterocycles. The maximum Gasteiger partial charge on any atom is 0.342 e. The fourth-order valence-corrected chi connectivity index (χ4v) is 2.95. The Bertz CT molecular complexity index is 1010. The van der Waals surface area contributed by atoms with Crippen molar-refractivity contribution >= 4 is 17.0 Å². The minimum Gasteiger partial charge on any atom is -0.477 e. The van der Waals surface area contributed by atoms with Gasteiger partial charge in [-0.2, -0.15) is 0 Å². The number of hydrogen-bond acceptors (Lipinski definition) is 3. The minimum absolute atomic E-state index is 0.202. The first-order valence-corrected chi connectivity index (χ1v) is 8.05. The Labute approximate surface area is 143 Å². The smallest absolute Gasteiger partial charge is 0.342 e. The number of aromatic nitrogens is 2. The summed E-state index contributed by atoms with van der Waals surface area (Å²) in [5, 5.41) is 10.2. The van der Waals surface area contributed by atoms with E-state index >= 15 is 0 Å². The van der Waals surface area contributed by atoms with Crippen LogP contribution in [0.5, 0.6) is 0 Å². The molecule has 0 radical (unpaired) electrons. The van der Waals surface area contributed by atoms with Crippen molar-refractivity contribution in [2.45, 2.75) is 26.3 Å². The van der Waals surface area contributed by atoms with Crippen molar-refractivity contribution in [3.63, 3.8) is 0 Å². The third-order valence-electron chi connectivity index (χ3n) is 4.08. The van der Waals surface area contributed by atoms with Gasteiger partial charge in [-0.3, -0.25) is 9.36 Å². The van der Waals surface area contributed by atoms with Crippen molar-refractivity contribution in [3.05, 3.63) is 64.3 Å². The molecule has 0 aliphatic heterocycles. The number of carboxylic acids is 1. The lowest BCUT2D eigenvalue weighted by molar-refractivity contribution is 0.0695. The maximum absolute atomic E-state index is 13.7. The van der Waals surface area contributed by atoms with E-state index in [2.05, 4.69) is 4.98 Å². The van der Waals surface area contributed by atoms with Gasteiger partial charge in [0.05, 0.1) is 0 Å². The van der Waals surface area contributed by atoms with Crippen molar-refractivity contribution in [1.82, 2.24) is 9.55 Å². The highest BCUT2D eigenvalue weighted by Crippen LogP contribution is 2.30. The van der Waals surface area contributed by atoms with E-state index in [-0.39, 0.29) is 11.1 Å². The normalized spacial score (nSPS) is 11.0. The van der Waals surface area contributed by atoms with Crippen molar-refractivity contribution < 1.29 is 14.3 Å². The lowest BCUT2D eigenvalue weighted by Gasteiger charge is -2.15. The zero-order valence-electron chi connectivity index (χ0n) is 13.7. The quantitative estimate of drug-likeness (QED) is 0.769. The minimum atomic E-state index is -1.33. The van der Waals surface area contributed by atoms with E-state index < -0.39 is 17.3 Å². The topological polar surface area (TPSA) is 72.2 Å². The summed E-state index contributed by atoms with van der Waals surface area (Å²) in [7, 11) is 0. The van der Waals surface area contributed by atoms with Crippen molar-refractivity contribution in [2.24, 2.45) is 0 Å². The lowest BCUT2D eigenvalue weighted by atomic mass is 9.97. The van der Waals surface area contributed by atoms with Crippen molar-refractivity contribution in [2.75, 3.05) is 0 Å². The molecule has 0 unspecified atom stereocenters. The molecule has 0 aliphatic rings. The molecule has 0 fully saturated rings. The molecule has 0 bridgehead atoms. The van der Waals surface area contributed by atoms with Crippen LogP contribution in [0.15, 0.2) is 47.4 Å². The van der Waals surface area contributed by atoms with E-state index in [0.29, 0.717) is 23.1 Å². The van der Waals surface area contributed by atoms with Gasteiger partial charge in [0.25, 0.3) is 5.56 Å². The van der Waals surface area contributed by atoms with E-state index in [4.69, 9.17) is 0 Å². The highest BCUT2D eigenvalue weighted by molar-refractivity contribution is 6.05. The molecule has 0 saturated heterocycles. The fourth-order valence-electron chi connectivity index (χ4n) is 2.95. The molecule has 128 valence electrons. The molecule has 0 spiro atoms. The molecule has 6 heteroatoms. The van der Waals surface area contributed by atoms with Crippen LogP contribution in [0.3, 0.4) is 0 Å². The summed E-state index contributed by atoms with van der Waals surface area (Å²) in [6, 6.07) is 8.95. The Morgan fingerprint density at radius 1 is 1.28 bits per heavy atom. The predicted molar refractivity (Wildman–Crippen MR) is 93.3 cm³/mol. The number of aryl methyl sites for hydroxylation is 1.